The highest BCUT2D eigenvalue weighted by Gasteiger charge is 2.42. The lowest BCUT2D eigenvalue weighted by Gasteiger charge is -2.25. The third-order valence-electron chi connectivity index (χ3n) is 4.84. The highest BCUT2D eigenvalue weighted by molar-refractivity contribution is 5.98. The van der Waals surface area contributed by atoms with E-state index in [2.05, 4.69) is 18.8 Å². The summed E-state index contributed by atoms with van der Waals surface area (Å²) in [5.74, 6) is 0.694. The van der Waals surface area contributed by atoms with E-state index in [9.17, 15) is 14.4 Å². The van der Waals surface area contributed by atoms with Gasteiger partial charge in [-0.1, -0.05) is 34.1 Å². The van der Waals surface area contributed by atoms with Gasteiger partial charge in [0.05, 0.1) is 0 Å². The molecular formula is C18H30N4O3. The van der Waals surface area contributed by atoms with Crippen LogP contribution in [0.4, 0.5) is 11.5 Å². The smallest absolute Gasteiger partial charge is 0.330 e. The minimum absolute atomic E-state index is 0.0537. The van der Waals surface area contributed by atoms with Gasteiger partial charge in [-0.15, -0.1) is 0 Å². The number of carbonyl (C=O) groups is 1. The Bertz CT molecular complexity index is 735. The van der Waals surface area contributed by atoms with Crippen molar-refractivity contribution in [2.45, 2.75) is 59.9 Å². The van der Waals surface area contributed by atoms with Crippen molar-refractivity contribution in [1.29, 1.82) is 0 Å². The molecule has 7 heteroatoms. The lowest BCUT2D eigenvalue weighted by Crippen LogP contribution is -2.42. The normalized spacial score (nSPS) is 19.2. The van der Waals surface area contributed by atoms with Gasteiger partial charge in [0.25, 0.3) is 5.56 Å². The molecule has 1 aromatic rings. The molecule has 1 aromatic heterocycles. The second-order valence-corrected chi connectivity index (χ2v) is 7.49. The molecule has 0 radical (unpaired) electrons. The molecule has 140 valence electrons. The van der Waals surface area contributed by atoms with Crippen molar-refractivity contribution in [3.05, 3.63) is 20.8 Å². The molecule has 7 nitrogen and oxygen atoms in total. The van der Waals surface area contributed by atoms with E-state index in [4.69, 9.17) is 5.73 Å². The molecule has 1 aliphatic rings. The highest BCUT2D eigenvalue weighted by Crippen LogP contribution is 2.40. The van der Waals surface area contributed by atoms with Crippen LogP contribution in [0.15, 0.2) is 9.59 Å². The number of nitrogen functional groups attached to an aromatic ring is 1. The second kappa shape index (κ2) is 7.89. The number of anilines is 2. The van der Waals surface area contributed by atoms with E-state index in [0.717, 1.165) is 25.7 Å². The number of aromatic amines is 1. The van der Waals surface area contributed by atoms with Crippen molar-refractivity contribution in [3.8, 4) is 0 Å². The van der Waals surface area contributed by atoms with Crippen LogP contribution in [0.1, 0.15) is 53.4 Å². The number of nitrogens with one attached hydrogen (secondary N) is 1. The Hall–Kier alpha value is -2.05. The number of H-pyrrole nitrogens is 1. The molecular weight excluding hydrogens is 320 g/mol. The van der Waals surface area contributed by atoms with Crippen LogP contribution in [-0.4, -0.2) is 22.0 Å². The fourth-order valence-corrected chi connectivity index (χ4v) is 2.96. The number of nitrogens with zero attached hydrogens (tertiary/aromatic N) is 2. The van der Waals surface area contributed by atoms with Gasteiger partial charge in [0.1, 0.15) is 5.82 Å². The number of carbonyl (C=O) groups excluding carboxylic acids is 1. The maximum atomic E-state index is 12.9. The molecule has 1 heterocycles. The number of unbranched alkanes of at least 4 members (excludes halogenated alkanes) is 1. The van der Waals surface area contributed by atoms with Crippen LogP contribution in [0.2, 0.25) is 0 Å². The number of rotatable bonds is 8. The van der Waals surface area contributed by atoms with Crippen molar-refractivity contribution in [1.82, 2.24) is 9.55 Å². The lowest BCUT2D eigenvalue weighted by atomic mass is 10.1. The maximum absolute atomic E-state index is 12.9. The standard InChI is InChI=1S/C18H30N4O3/c1-5-6-8-22-15(19)14(16(23)20-18(22)25)21(9-7-11(2)3)17(24)13-10-12(13)4/h11-13H,5-10,19H2,1-4H3,(H,20,23,25). The number of amides is 1. The van der Waals surface area contributed by atoms with Crippen molar-refractivity contribution >= 4 is 17.4 Å². The van der Waals surface area contributed by atoms with Crippen LogP contribution in [0, 0.1) is 17.8 Å². The molecule has 0 saturated heterocycles. The number of nitrogens with two attached hydrogens (primary N) is 1. The molecule has 2 rings (SSSR count). The van der Waals surface area contributed by atoms with Gasteiger partial charge in [-0.2, -0.15) is 0 Å². The van der Waals surface area contributed by atoms with Gasteiger partial charge in [-0.25, -0.2) is 4.79 Å². The molecule has 1 aliphatic carbocycles. The first-order valence-corrected chi connectivity index (χ1v) is 9.21. The first-order valence-electron chi connectivity index (χ1n) is 9.21. The van der Waals surface area contributed by atoms with E-state index in [0.29, 0.717) is 24.9 Å². The lowest BCUT2D eigenvalue weighted by molar-refractivity contribution is -0.120. The fourth-order valence-electron chi connectivity index (χ4n) is 2.96. The summed E-state index contributed by atoms with van der Waals surface area (Å²) in [7, 11) is 0. The minimum Gasteiger partial charge on any atom is -0.383 e. The summed E-state index contributed by atoms with van der Waals surface area (Å²) in [6.07, 6.45) is 3.27. The van der Waals surface area contributed by atoms with Crippen LogP contribution in [0.3, 0.4) is 0 Å². The molecule has 1 saturated carbocycles. The van der Waals surface area contributed by atoms with Gasteiger partial charge in [0, 0.05) is 19.0 Å². The largest absolute Gasteiger partial charge is 0.383 e. The zero-order valence-electron chi connectivity index (χ0n) is 15.7. The third-order valence-corrected chi connectivity index (χ3v) is 4.84. The van der Waals surface area contributed by atoms with E-state index in [-0.39, 0.29) is 23.3 Å². The third kappa shape index (κ3) is 4.32. The Morgan fingerprint density at radius 3 is 2.56 bits per heavy atom. The second-order valence-electron chi connectivity index (χ2n) is 7.49. The van der Waals surface area contributed by atoms with Crippen LogP contribution < -0.4 is 21.9 Å². The Kier molecular flexibility index (Phi) is 6.08. The maximum Gasteiger partial charge on any atom is 0.330 e. The van der Waals surface area contributed by atoms with E-state index in [1.165, 1.54) is 9.47 Å². The molecule has 25 heavy (non-hydrogen) atoms. The minimum atomic E-state index is -0.583. The van der Waals surface area contributed by atoms with E-state index in [1.807, 2.05) is 13.8 Å². The quantitative estimate of drug-likeness (QED) is 0.748. The van der Waals surface area contributed by atoms with E-state index >= 15 is 0 Å². The van der Waals surface area contributed by atoms with Crippen LogP contribution in [0.25, 0.3) is 0 Å². The average molecular weight is 350 g/mol. The van der Waals surface area contributed by atoms with Gasteiger partial charge in [0.15, 0.2) is 5.69 Å². The predicted molar refractivity (Wildman–Crippen MR) is 99.7 cm³/mol. The first-order chi connectivity index (χ1) is 11.8. The molecule has 2 unspecified atom stereocenters. The summed E-state index contributed by atoms with van der Waals surface area (Å²) >= 11 is 0. The molecule has 1 fully saturated rings. The van der Waals surface area contributed by atoms with Crippen LogP contribution >= 0.6 is 0 Å². The zero-order chi connectivity index (χ0) is 18.7. The average Bonchev–Trinajstić information content (AvgIpc) is 3.26. The van der Waals surface area contributed by atoms with Crippen LogP contribution in [0.5, 0.6) is 0 Å². The summed E-state index contributed by atoms with van der Waals surface area (Å²) in [6, 6.07) is 0. The topological polar surface area (TPSA) is 101 Å². The number of hydrogen-bond acceptors (Lipinski definition) is 4. The van der Waals surface area contributed by atoms with Gasteiger partial charge < -0.3 is 10.6 Å². The highest BCUT2D eigenvalue weighted by atomic mass is 16.2. The molecule has 1 amide bonds. The van der Waals surface area contributed by atoms with Gasteiger partial charge in [-0.3, -0.25) is 19.1 Å². The first kappa shape index (κ1) is 19.3. The number of aromatic nitrogens is 2. The summed E-state index contributed by atoms with van der Waals surface area (Å²) in [5, 5.41) is 0. The molecule has 0 bridgehead atoms. The van der Waals surface area contributed by atoms with Crippen molar-refractivity contribution in [2.24, 2.45) is 17.8 Å². The Morgan fingerprint density at radius 1 is 1.40 bits per heavy atom. The Labute approximate surface area is 148 Å². The van der Waals surface area contributed by atoms with Gasteiger partial charge in [-0.05, 0) is 31.1 Å². The monoisotopic (exact) mass is 350 g/mol. The summed E-state index contributed by atoms with van der Waals surface area (Å²) in [5.41, 5.74) is 5.20. The fraction of sp³-hybridized carbons (Fsp3) is 0.722. The van der Waals surface area contributed by atoms with Crippen molar-refractivity contribution in [2.75, 3.05) is 17.2 Å². The van der Waals surface area contributed by atoms with E-state index < -0.39 is 11.2 Å². The summed E-state index contributed by atoms with van der Waals surface area (Å²) in [6.45, 7) is 9.03. The van der Waals surface area contributed by atoms with Crippen LogP contribution in [-0.2, 0) is 11.3 Å². The molecule has 0 aliphatic heterocycles. The van der Waals surface area contributed by atoms with Gasteiger partial charge in [0.2, 0.25) is 5.91 Å². The molecule has 0 aromatic carbocycles. The zero-order valence-corrected chi connectivity index (χ0v) is 15.7. The van der Waals surface area contributed by atoms with Crippen molar-refractivity contribution in [3.63, 3.8) is 0 Å². The number of hydrogen-bond donors (Lipinski definition) is 2. The Balaban J connectivity index is 2.46. The predicted octanol–water partition coefficient (Wildman–Crippen LogP) is 1.95. The molecule has 0 spiro atoms. The molecule has 2 atom stereocenters. The van der Waals surface area contributed by atoms with Crippen molar-refractivity contribution < 1.29 is 4.79 Å². The SMILES string of the molecule is CCCCn1c(N)c(N(CCC(C)C)C(=O)C2CC2C)c(=O)[nH]c1=O. The summed E-state index contributed by atoms with van der Waals surface area (Å²) in [4.78, 5) is 41.3. The molecule has 3 N–H and O–H groups in total. The Morgan fingerprint density at radius 2 is 2.04 bits per heavy atom. The van der Waals surface area contributed by atoms with E-state index in [1.54, 1.807) is 0 Å². The van der Waals surface area contributed by atoms with Gasteiger partial charge >= 0.3 is 5.69 Å². The summed E-state index contributed by atoms with van der Waals surface area (Å²) < 4.78 is 1.37.